The second-order valence-corrected chi connectivity index (χ2v) is 7.88. The molecule has 5 rings (SSSR count). The van der Waals surface area contributed by atoms with Gasteiger partial charge in [0, 0.05) is 5.56 Å². The number of ether oxygens (including phenoxy) is 1. The molecule has 134 valence electrons. The van der Waals surface area contributed by atoms with Crippen molar-refractivity contribution in [3.63, 3.8) is 0 Å². The molecule has 0 amide bonds. The van der Waals surface area contributed by atoms with Gasteiger partial charge in [-0.25, -0.2) is 4.79 Å². The van der Waals surface area contributed by atoms with Crippen molar-refractivity contribution in [3.8, 4) is 5.75 Å². The Kier molecular flexibility index (Phi) is 3.49. The molecule has 2 aromatic carbocycles. The van der Waals surface area contributed by atoms with E-state index in [-0.39, 0.29) is 6.04 Å². The molecule has 2 saturated carbocycles. The SMILES string of the molecule is COc1ccccc1[C@@H]1Nc2c(C(=O)O)cccc2[C@H]2[C@H]3CC[C@@H](C3)[C@H]21. The molecule has 2 fully saturated rings. The number of carboxylic acids is 1. The lowest BCUT2D eigenvalue weighted by Gasteiger charge is -2.44. The van der Waals surface area contributed by atoms with E-state index in [1.807, 2.05) is 24.3 Å². The summed E-state index contributed by atoms with van der Waals surface area (Å²) in [7, 11) is 1.70. The highest BCUT2D eigenvalue weighted by Crippen LogP contribution is 2.64. The van der Waals surface area contributed by atoms with Crippen molar-refractivity contribution in [2.24, 2.45) is 17.8 Å². The molecule has 0 unspecified atom stereocenters. The van der Waals surface area contributed by atoms with Gasteiger partial charge in [0.2, 0.25) is 0 Å². The van der Waals surface area contributed by atoms with E-state index in [2.05, 4.69) is 17.4 Å². The third-order valence-electron chi connectivity index (χ3n) is 6.83. The van der Waals surface area contributed by atoms with Crippen LogP contribution in [0.1, 0.15) is 52.7 Å². The van der Waals surface area contributed by atoms with Gasteiger partial charge in [-0.15, -0.1) is 0 Å². The number of aromatic carboxylic acids is 1. The van der Waals surface area contributed by atoms with Gasteiger partial charge >= 0.3 is 5.97 Å². The molecule has 2 bridgehead atoms. The minimum atomic E-state index is -0.866. The summed E-state index contributed by atoms with van der Waals surface area (Å²) >= 11 is 0. The monoisotopic (exact) mass is 349 g/mol. The average molecular weight is 349 g/mol. The lowest BCUT2D eigenvalue weighted by Crippen LogP contribution is -2.36. The highest BCUT2D eigenvalue weighted by Gasteiger charge is 2.54. The largest absolute Gasteiger partial charge is 0.496 e. The maximum absolute atomic E-state index is 11.8. The van der Waals surface area contributed by atoms with E-state index in [1.54, 1.807) is 13.2 Å². The quantitative estimate of drug-likeness (QED) is 0.844. The predicted octanol–water partition coefficient (Wildman–Crippen LogP) is 4.69. The maximum atomic E-state index is 11.8. The third kappa shape index (κ3) is 2.11. The second kappa shape index (κ2) is 5.76. The van der Waals surface area contributed by atoms with Crippen molar-refractivity contribution in [1.29, 1.82) is 0 Å². The Hall–Kier alpha value is -2.49. The maximum Gasteiger partial charge on any atom is 0.337 e. The standard InChI is InChI=1S/C22H23NO3/c1-26-17-8-3-2-5-14(17)21-19-13-10-9-12(11-13)18(19)15-6-4-7-16(22(24)25)20(15)23-21/h2-8,12-13,18-19,21,23H,9-11H2,1H3,(H,24,25)/t12-,13-,18+,19+,21-/m0/s1. The first kappa shape index (κ1) is 15.7. The minimum absolute atomic E-state index is 0.0967. The number of fused-ring (bicyclic) bond motifs is 7. The van der Waals surface area contributed by atoms with E-state index in [1.165, 1.54) is 24.8 Å². The van der Waals surface area contributed by atoms with E-state index in [0.717, 1.165) is 17.0 Å². The Morgan fingerprint density at radius 2 is 1.85 bits per heavy atom. The fourth-order valence-corrected chi connectivity index (χ4v) is 5.92. The third-order valence-corrected chi connectivity index (χ3v) is 6.83. The Morgan fingerprint density at radius 3 is 2.65 bits per heavy atom. The van der Waals surface area contributed by atoms with Crippen LogP contribution in [0.3, 0.4) is 0 Å². The van der Waals surface area contributed by atoms with Crippen LogP contribution in [0.2, 0.25) is 0 Å². The van der Waals surface area contributed by atoms with E-state index in [4.69, 9.17) is 4.74 Å². The average Bonchev–Trinajstić information content (AvgIpc) is 3.29. The Morgan fingerprint density at radius 1 is 1.08 bits per heavy atom. The smallest absolute Gasteiger partial charge is 0.337 e. The van der Waals surface area contributed by atoms with Gasteiger partial charge in [-0.05, 0) is 60.6 Å². The van der Waals surface area contributed by atoms with Crippen LogP contribution < -0.4 is 10.1 Å². The molecular formula is C22H23NO3. The van der Waals surface area contributed by atoms with E-state index >= 15 is 0 Å². The van der Waals surface area contributed by atoms with Crippen LogP contribution in [0.25, 0.3) is 0 Å². The van der Waals surface area contributed by atoms with Gasteiger partial charge in [0.15, 0.2) is 0 Å². The van der Waals surface area contributed by atoms with Crippen LogP contribution in [0.4, 0.5) is 5.69 Å². The molecule has 4 nitrogen and oxygen atoms in total. The van der Waals surface area contributed by atoms with Crippen LogP contribution in [0, 0.1) is 17.8 Å². The number of benzene rings is 2. The summed E-state index contributed by atoms with van der Waals surface area (Å²) in [4.78, 5) is 11.8. The van der Waals surface area contributed by atoms with E-state index < -0.39 is 5.97 Å². The number of hydrogen-bond acceptors (Lipinski definition) is 3. The minimum Gasteiger partial charge on any atom is -0.496 e. The summed E-state index contributed by atoms with van der Waals surface area (Å²) in [6.45, 7) is 0. The molecule has 2 aromatic rings. The zero-order valence-electron chi connectivity index (χ0n) is 14.8. The van der Waals surface area contributed by atoms with Crippen LogP contribution in [-0.2, 0) is 0 Å². The summed E-state index contributed by atoms with van der Waals surface area (Å²) in [5.41, 5.74) is 3.53. The molecule has 2 N–H and O–H groups in total. The highest BCUT2D eigenvalue weighted by molar-refractivity contribution is 5.95. The molecule has 26 heavy (non-hydrogen) atoms. The van der Waals surface area contributed by atoms with Crippen molar-refractivity contribution in [1.82, 2.24) is 0 Å². The molecule has 2 aliphatic carbocycles. The van der Waals surface area contributed by atoms with Crippen molar-refractivity contribution in [2.75, 3.05) is 12.4 Å². The lowest BCUT2D eigenvalue weighted by molar-refractivity contribution is 0.0697. The number of carbonyl (C=O) groups is 1. The number of methoxy groups -OCH3 is 1. The van der Waals surface area contributed by atoms with Gasteiger partial charge in [-0.1, -0.05) is 30.3 Å². The first-order valence-electron chi connectivity index (χ1n) is 9.44. The van der Waals surface area contributed by atoms with Crippen molar-refractivity contribution in [2.45, 2.75) is 31.2 Å². The summed E-state index contributed by atoms with van der Waals surface area (Å²) in [6, 6.07) is 14.0. The zero-order chi connectivity index (χ0) is 17.8. The lowest BCUT2D eigenvalue weighted by atomic mass is 9.67. The van der Waals surface area contributed by atoms with Crippen LogP contribution >= 0.6 is 0 Å². The van der Waals surface area contributed by atoms with Gasteiger partial charge in [0.1, 0.15) is 5.75 Å². The normalized spacial score (nSPS) is 31.0. The van der Waals surface area contributed by atoms with Gasteiger partial charge in [0.25, 0.3) is 0 Å². The van der Waals surface area contributed by atoms with Crippen LogP contribution in [0.15, 0.2) is 42.5 Å². The van der Waals surface area contributed by atoms with Gasteiger partial charge < -0.3 is 15.2 Å². The highest BCUT2D eigenvalue weighted by atomic mass is 16.5. The first-order valence-corrected chi connectivity index (χ1v) is 9.44. The molecule has 0 spiro atoms. The van der Waals surface area contributed by atoms with Crippen LogP contribution in [-0.4, -0.2) is 18.2 Å². The molecule has 0 radical (unpaired) electrons. The number of hydrogen-bond donors (Lipinski definition) is 2. The van der Waals surface area contributed by atoms with Gasteiger partial charge in [0.05, 0.1) is 24.4 Å². The number of para-hydroxylation sites is 2. The number of nitrogens with one attached hydrogen (secondary N) is 1. The van der Waals surface area contributed by atoms with Crippen molar-refractivity contribution >= 4 is 11.7 Å². The molecule has 1 aliphatic heterocycles. The van der Waals surface area contributed by atoms with Crippen molar-refractivity contribution < 1.29 is 14.6 Å². The Balaban J connectivity index is 1.69. The second-order valence-electron chi connectivity index (χ2n) is 7.88. The van der Waals surface area contributed by atoms with Crippen molar-refractivity contribution in [3.05, 3.63) is 59.2 Å². The topological polar surface area (TPSA) is 58.6 Å². The fourth-order valence-electron chi connectivity index (χ4n) is 5.92. The van der Waals surface area contributed by atoms with E-state index in [0.29, 0.717) is 29.2 Å². The van der Waals surface area contributed by atoms with E-state index in [9.17, 15) is 9.90 Å². The predicted molar refractivity (Wildman–Crippen MR) is 99.8 cm³/mol. The molecular weight excluding hydrogens is 326 g/mol. The number of carboxylic acid groups (broad SMARTS) is 1. The summed E-state index contributed by atoms with van der Waals surface area (Å²) in [6.07, 6.45) is 3.81. The first-order chi connectivity index (χ1) is 12.7. The Labute approximate surface area is 153 Å². The zero-order valence-corrected chi connectivity index (χ0v) is 14.8. The molecule has 4 heteroatoms. The van der Waals surface area contributed by atoms with Crippen LogP contribution in [0.5, 0.6) is 5.75 Å². The number of rotatable bonds is 3. The van der Waals surface area contributed by atoms with Gasteiger partial charge in [-0.2, -0.15) is 0 Å². The molecule has 0 saturated heterocycles. The summed E-state index contributed by atoms with van der Waals surface area (Å²) in [5.74, 6) is 2.33. The molecule has 5 atom stereocenters. The number of anilines is 1. The summed E-state index contributed by atoms with van der Waals surface area (Å²) in [5, 5.41) is 13.3. The van der Waals surface area contributed by atoms with Gasteiger partial charge in [-0.3, -0.25) is 0 Å². The Bertz CT molecular complexity index is 877. The fraction of sp³-hybridized carbons (Fsp3) is 0.409. The molecule has 3 aliphatic rings. The summed E-state index contributed by atoms with van der Waals surface area (Å²) < 4.78 is 5.64. The molecule has 1 heterocycles. The molecule has 0 aromatic heterocycles.